The summed E-state index contributed by atoms with van der Waals surface area (Å²) in [7, 11) is 0. The highest BCUT2D eigenvalue weighted by molar-refractivity contribution is 7.71. The van der Waals surface area contributed by atoms with Crippen LogP contribution in [0, 0.1) is 4.64 Å². The third-order valence-electron chi connectivity index (χ3n) is 3.10. The Kier molecular flexibility index (Phi) is 3.43. The first-order chi connectivity index (χ1) is 10.7. The maximum Gasteiger partial charge on any atom is 0.461 e. The number of fused-ring (bicyclic) bond motifs is 1. The van der Waals surface area contributed by atoms with Crippen LogP contribution in [-0.2, 0) is 5.92 Å². The molecule has 0 unspecified atom stereocenters. The molecule has 2 aromatic heterocycles. The number of aromatic amines is 1. The van der Waals surface area contributed by atoms with Crippen molar-refractivity contribution in [1.29, 1.82) is 0 Å². The summed E-state index contributed by atoms with van der Waals surface area (Å²) >= 11 is 4.81. The van der Waals surface area contributed by atoms with E-state index in [1.165, 1.54) is 10.9 Å². The molecular formula is C13H7F5N4S. The zero-order valence-electron chi connectivity index (χ0n) is 11.1. The van der Waals surface area contributed by atoms with Gasteiger partial charge in [-0.25, -0.2) is 9.67 Å². The van der Waals surface area contributed by atoms with Gasteiger partial charge in [0.1, 0.15) is 10.3 Å². The van der Waals surface area contributed by atoms with E-state index in [9.17, 15) is 22.0 Å². The lowest BCUT2D eigenvalue weighted by atomic mass is 10.3. The molecule has 0 fully saturated rings. The molecule has 0 radical (unpaired) electrons. The van der Waals surface area contributed by atoms with Crippen molar-refractivity contribution in [2.24, 2.45) is 0 Å². The van der Waals surface area contributed by atoms with Crippen molar-refractivity contribution in [2.75, 3.05) is 0 Å². The minimum atomic E-state index is -5.79. The van der Waals surface area contributed by atoms with Crippen LogP contribution in [0.25, 0.3) is 16.7 Å². The second kappa shape index (κ2) is 5.08. The van der Waals surface area contributed by atoms with Gasteiger partial charge in [-0.1, -0.05) is 30.4 Å². The highest BCUT2D eigenvalue weighted by Gasteiger charge is 2.61. The fourth-order valence-corrected chi connectivity index (χ4v) is 2.22. The Hall–Kier alpha value is -2.36. The number of hydrogen-bond acceptors (Lipinski definition) is 3. The molecule has 120 valence electrons. The highest BCUT2D eigenvalue weighted by atomic mass is 32.1. The monoisotopic (exact) mass is 346 g/mol. The fourth-order valence-electron chi connectivity index (χ4n) is 1.98. The van der Waals surface area contributed by atoms with Crippen molar-refractivity contribution >= 4 is 23.3 Å². The number of H-pyrrole nitrogens is 1. The molecule has 3 rings (SSSR count). The Bertz CT molecular complexity index is 913. The smallest absolute Gasteiger partial charge is 0.322 e. The lowest BCUT2D eigenvalue weighted by molar-refractivity contribution is -0.292. The first-order valence-corrected chi connectivity index (χ1v) is 6.61. The van der Waals surface area contributed by atoms with Gasteiger partial charge in [0.05, 0.1) is 17.3 Å². The minimum Gasteiger partial charge on any atom is -0.322 e. The average molecular weight is 346 g/mol. The predicted molar refractivity (Wildman–Crippen MR) is 74.0 cm³/mol. The van der Waals surface area contributed by atoms with E-state index in [1.807, 2.05) is 4.98 Å². The van der Waals surface area contributed by atoms with Crippen LogP contribution in [0.3, 0.4) is 0 Å². The van der Waals surface area contributed by atoms with Gasteiger partial charge in [-0.2, -0.15) is 27.1 Å². The molecule has 1 N–H and O–H groups in total. The summed E-state index contributed by atoms with van der Waals surface area (Å²) in [6, 6.07) is 8.30. The molecule has 0 aliphatic carbocycles. The second-order valence-corrected chi connectivity index (χ2v) is 5.00. The summed E-state index contributed by atoms with van der Waals surface area (Å²) in [5, 5.41) is 4.14. The largest absolute Gasteiger partial charge is 0.461 e. The van der Waals surface area contributed by atoms with Crippen molar-refractivity contribution in [2.45, 2.75) is 12.1 Å². The molecule has 0 saturated carbocycles. The Labute approximate surface area is 130 Å². The molecule has 23 heavy (non-hydrogen) atoms. The molecule has 10 heteroatoms. The van der Waals surface area contributed by atoms with E-state index in [2.05, 4.69) is 10.1 Å². The van der Waals surface area contributed by atoms with Crippen LogP contribution < -0.4 is 0 Å². The average Bonchev–Trinajstić information content (AvgIpc) is 2.91. The van der Waals surface area contributed by atoms with Crippen LogP contribution in [0.15, 0.2) is 36.5 Å². The van der Waals surface area contributed by atoms with Gasteiger partial charge >= 0.3 is 12.1 Å². The Morgan fingerprint density at radius 1 is 1.04 bits per heavy atom. The Balaban J connectivity index is 2.28. The third kappa shape index (κ3) is 2.48. The number of hydrogen-bond donors (Lipinski definition) is 1. The second-order valence-electron chi connectivity index (χ2n) is 4.62. The Morgan fingerprint density at radius 2 is 1.70 bits per heavy atom. The van der Waals surface area contributed by atoms with E-state index < -0.39 is 17.9 Å². The first kappa shape index (κ1) is 15.5. The lowest BCUT2D eigenvalue weighted by Gasteiger charge is -2.18. The van der Waals surface area contributed by atoms with Gasteiger partial charge < -0.3 is 4.98 Å². The van der Waals surface area contributed by atoms with Crippen molar-refractivity contribution in [3.05, 3.63) is 47.0 Å². The molecule has 3 aromatic rings. The third-order valence-corrected chi connectivity index (χ3v) is 3.42. The number of benzene rings is 1. The number of para-hydroxylation sites is 1. The van der Waals surface area contributed by atoms with Crippen molar-refractivity contribution in [1.82, 2.24) is 19.7 Å². The van der Waals surface area contributed by atoms with Crippen LogP contribution in [-0.4, -0.2) is 25.9 Å². The molecule has 0 atom stereocenters. The summed E-state index contributed by atoms with van der Waals surface area (Å²) in [6.45, 7) is 0. The van der Waals surface area contributed by atoms with Gasteiger partial charge in [0.15, 0.2) is 5.82 Å². The SMILES string of the molecule is FC(F)(F)C(F)(F)c1nc(=S)c2cnn(-c3ccccc3)c2[nH]1. The van der Waals surface area contributed by atoms with Gasteiger partial charge in [0, 0.05) is 0 Å². The van der Waals surface area contributed by atoms with Crippen LogP contribution >= 0.6 is 12.2 Å². The van der Waals surface area contributed by atoms with Gasteiger partial charge in [0.2, 0.25) is 0 Å². The molecule has 0 spiro atoms. The maximum absolute atomic E-state index is 13.5. The summed E-state index contributed by atoms with van der Waals surface area (Å²) in [4.78, 5) is 5.20. The van der Waals surface area contributed by atoms with E-state index >= 15 is 0 Å². The molecule has 0 bridgehead atoms. The van der Waals surface area contributed by atoms with Crippen molar-refractivity contribution in [3.63, 3.8) is 0 Å². The molecular weight excluding hydrogens is 339 g/mol. The van der Waals surface area contributed by atoms with Gasteiger partial charge in [-0.15, -0.1) is 0 Å². The van der Waals surface area contributed by atoms with Crippen LogP contribution in [0.1, 0.15) is 5.82 Å². The molecule has 0 amide bonds. The molecule has 4 nitrogen and oxygen atoms in total. The summed E-state index contributed by atoms with van der Waals surface area (Å²) in [5.41, 5.74) is 0.385. The standard InChI is InChI=1S/C13H7F5N4S/c14-12(15,13(16,17)18)11-20-9-8(10(23)21-11)6-19-22(9)7-4-2-1-3-5-7/h1-6H,(H,20,21,23). The zero-order chi connectivity index (χ0) is 16.8. The van der Waals surface area contributed by atoms with Crippen molar-refractivity contribution < 1.29 is 22.0 Å². The summed E-state index contributed by atoms with van der Waals surface area (Å²) in [6.07, 6.45) is -4.53. The van der Waals surface area contributed by atoms with Gasteiger partial charge in [0.25, 0.3) is 0 Å². The molecule has 2 heterocycles. The van der Waals surface area contributed by atoms with E-state index in [4.69, 9.17) is 12.2 Å². The number of nitrogens with zero attached hydrogens (tertiary/aromatic N) is 3. The quantitative estimate of drug-likeness (QED) is 0.561. The van der Waals surface area contributed by atoms with Gasteiger partial charge in [-0.05, 0) is 12.1 Å². The van der Waals surface area contributed by atoms with Crippen LogP contribution in [0.5, 0.6) is 0 Å². The molecule has 0 aliphatic heterocycles. The van der Waals surface area contributed by atoms with E-state index in [0.717, 1.165) is 0 Å². The highest BCUT2D eigenvalue weighted by Crippen LogP contribution is 2.42. The van der Waals surface area contributed by atoms with E-state index in [0.29, 0.717) is 5.69 Å². The number of alkyl halides is 5. The number of nitrogens with one attached hydrogen (secondary N) is 1. The predicted octanol–water partition coefficient (Wildman–Crippen LogP) is 4.13. The van der Waals surface area contributed by atoms with E-state index in [1.54, 1.807) is 30.3 Å². The summed E-state index contributed by atoms with van der Waals surface area (Å²) in [5.74, 6) is -6.72. The zero-order valence-corrected chi connectivity index (χ0v) is 11.9. The number of halogens is 5. The number of rotatable bonds is 2. The first-order valence-electron chi connectivity index (χ1n) is 6.20. The van der Waals surface area contributed by atoms with Crippen molar-refractivity contribution in [3.8, 4) is 5.69 Å². The fraction of sp³-hybridized carbons (Fsp3) is 0.154. The summed E-state index contributed by atoms with van der Waals surface area (Å²) < 4.78 is 65.4. The maximum atomic E-state index is 13.5. The Morgan fingerprint density at radius 3 is 2.30 bits per heavy atom. The minimum absolute atomic E-state index is 0.0878. The topological polar surface area (TPSA) is 46.5 Å². The van der Waals surface area contributed by atoms with Gasteiger partial charge in [-0.3, -0.25) is 0 Å². The molecule has 0 aliphatic rings. The molecule has 1 aromatic carbocycles. The van der Waals surface area contributed by atoms with E-state index in [-0.39, 0.29) is 15.7 Å². The normalized spacial score (nSPS) is 12.7. The van der Waals surface area contributed by atoms with Crippen LogP contribution in [0.2, 0.25) is 0 Å². The number of aromatic nitrogens is 4. The van der Waals surface area contributed by atoms with Crippen LogP contribution in [0.4, 0.5) is 22.0 Å². The lowest BCUT2D eigenvalue weighted by Crippen LogP contribution is -2.35. The molecule has 0 saturated heterocycles.